The Morgan fingerprint density at radius 2 is 1.79 bits per heavy atom. The van der Waals surface area contributed by atoms with Crippen molar-refractivity contribution in [2.45, 2.75) is 25.3 Å². The smallest absolute Gasteiger partial charge is 0.274 e. The largest absolute Gasteiger partial charge is 0.348 e. The lowest BCUT2D eigenvalue weighted by molar-refractivity contribution is -0.128. The SMILES string of the molecule is CCN(CC)C(=O)c1ncn2c1CN(CC(=O)N(C)C)S(=O)(=O)c1ccccc1-2. The van der Waals surface area contributed by atoms with Crippen molar-refractivity contribution < 1.29 is 18.0 Å². The molecular formula is C19H25N5O4S. The van der Waals surface area contributed by atoms with Gasteiger partial charge < -0.3 is 9.80 Å². The second kappa shape index (κ2) is 7.96. The number of para-hydroxylation sites is 1. The van der Waals surface area contributed by atoms with Crippen LogP contribution in [0.1, 0.15) is 30.0 Å². The molecule has 0 spiro atoms. The molecule has 0 saturated carbocycles. The zero-order chi connectivity index (χ0) is 21.3. The van der Waals surface area contributed by atoms with Crippen LogP contribution in [0.25, 0.3) is 5.69 Å². The van der Waals surface area contributed by atoms with Crippen LogP contribution in [0.4, 0.5) is 0 Å². The van der Waals surface area contributed by atoms with Gasteiger partial charge in [0.2, 0.25) is 15.9 Å². The molecule has 2 heterocycles. The molecule has 2 amide bonds. The van der Waals surface area contributed by atoms with Crippen molar-refractivity contribution >= 4 is 21.8 Å². The van der Waals surface area contributed by atoms with Gasteiger partial charge in [-0.05, 0) is 26.0 Å². The van der Waals surface area contributed by atoms with Crippen LogP contribution < -0.4 is 0 Å². The van der Waals surface area contributed by atoms with Gasteiger partial charge in [0.05, 0.1) is 24.5 Å². The molecule has 156 valence electrons. The molecule has 2 aromatic rings. The Kier molecular flexibility index (Phi) is 5.76. The number of benzene rings is 1. The Labute approximate surface area is 170 Å². The minimum absolute atomic E-state index is 0.0737. The summed E-state index contributed by atoms with van der Waals surface area (Å²) >= 11 is 0. The summed E-state index contributed by atoms with van der Waals surface area (Å²) in [5, 5.41) is 0. The van der Waals surface area contributed by atoms with Crippen molar-refractivity contribution in [3.8, 4) is 5.69 Å². The highest BCUT2D eigenvalue weighted by molar-refractivity contribution is 7.89. The molecule has 0 unspecified atom stereocenters. The molecule has 0 bridgehead atoms. The Bertz CT molecular complexity index is 1040. The monoisotopic (exact) mass is 419 g/mol. The number of amides is 2. The highest BCUT2D eigenvalue weighted by Gasteiger charge is 2.36. The van der Waals surface area contributed by atoms with Crippen LogP contribution in [-0.4, -0.2) is 77.6 Å². The van der Waals surface area contributed by atoms with Crippen LogP contribution in [0.2, 0.25) is 0 Å². The van der Waals surface area contributed by atoms with Crippen molar-refractivity contribution in [1.29, 1.82) is 0 Å². The first-order valence-corrected chi connectivity index (χ1v) is 10.8. The predicted octanol–water partition coefficient (Wildman–Crippen LogP) is 0.947. The number of rotatable bonds is 5. The van der Waals surface area contributed by atoms with Crippen molar-refractivity contribution in [2.24, 2.45) is 0 Å². The zero-order valence-electron chi connectivity index (χ0n) is 17.0. The number of nitrogens with zero attached hydrogens (tertiary/aromatic N) is 5. The van der Waals surface area contributed by atoms with Gasteiger partial charge in [0, 0.05) is 27.2 Å². The first kappa shape index (κ1) is 21.0. The second-order valence-electron chi connectivity index (χ2n) is 6.92. The van der Waals surface area contributed by atoms with E-state index < -0.39 is 10.0 Å². The fourth-order valence-corrected chi connectivity index (χ4v) is 4.80. The van der Waals surface area contributed by atoms with E-state index in [9.17, 15) is 18.0 Å². The number of imidazole rings is 1. The molecule has 0 aliphatic carbocycles. The zero-order valence-corrected chi connectivity index (χ0v) is 17.8. The number of sulfonamides is 1. The topological polar surface area (TPSA) is 95.8 Å². The lowest BCUT2D eigenvalue weighted by Crippen LogP contribution is -2.40. The number of fused-ring (bicyclic) bond motifs is 3. The van der Waals surface area contributed by atoms with E-state index in [1.165, 1.54) is 17.3 Å². The predicted molar refractivity (Wildman–Crippen MR) is 107 cm³/mol. The van der Waals surface area contributed by atoms with Crippen molar-refractivity contribution in [2.75, 3.05) is 33.7 Å². The summed E-state index contributed by atoms with van der Waals surface area (Å²) in [6.07, 6.45) is 1.47. The minimum atomic E-state index is -3.95. The van der Waals surface area contributed by atoms with Gasteiger partial charge in [-0.15, -0.1) is 0 Å². The highest BCUT2D eigenvalue weighted by Crippen LogP contribution is 2.31. The number of carbonyl (C=O) groups is 2. The lowest BCUT2D eigenvalue weighted by Gasteiger charge is -2.22. The Morgan fingerprint density at radius 3 is 2.41 bits per heavy atom. The molecule has 0 radical (unpaired) electrons. The van der Waals surface area contributed by atoms with E-state index in [1.54, 1.807) is 41.8 Å². The van der Waals surface area contributed by atoms with Crippen LogP contribution >= 0.6 is 0 Å². The maximum absolute atomic E-state index is 13.3. The second-order valence-corrected chi connectivity index (χ2v) is 8.82. The highest BCUT2D eigenvalue weighted by atomic mass is 32.2. The molecule has 1 aromatic heterocycles. The van der Waals surface area contributed by atoms with Gasteiger partial charge in [-0.25, -0.2) is 13.4 Å². The number of hydrogen-bond acceptors (Lipinski definition) is 5. The van der Waals surface area contributed by atoms with Crippen LogP contribution in [0, 0.1) is 0 Å². The number of carbonyl (C=O) groups excluding carboxylic acids is 2. The summed E-state index contributed by atoms with van der Waals surface area (Å²) in [4.78, 5) is 32.6. The van der Waals surface area contributed by atoms with Gasteiger partial charge in [0.1, 0.15) is 11.2 Å². The van der Waals surface area contributed by atoms with Crippen LogP contribution in [0.3, 0.4) is 0 Å². The summed E-state index contributed by atoms with van der Waals surface area (Å²) < 4.78 is 29.3. The molecule has 0 atom stereocenters. The normalized spacial score (nSPS) is 15.2. The fraction of sp³-hybridized carbons (Fsp3) is 0.421. The van der Waals surface area contributed by atoms with Crippen LogP contribution in [0.5, 0.6) is 0 Å². The van der Waals surface area contributed by atoms with Gasteiger partial charge >= 0.3 is 0 Å². The average molecular weight is 420 g/mol. The molecule has 29 heavy (non-hydrogen) atoms. The van der Waals surface area contributed by atoms with Gasteiger partial charge in [-0.2, -0.15) is 4.31 Å². The van der Waals surface area contributed by atoms with Gasteiger partial charge in [0.25, 0.3) is 5.91 Å². The first-order chi connectivity index (χ1) is 13.7. The third kappa shape index (κ3) is 3.65. The first-order valence-electron chi connectivity index (χ1n) is 9.37. The standard InChI is InChI=1S/C19H25N5O4S/c1-5-22(6-2)19(26)18-15-11-23(12-17(25)21(3)4)29(27,28)16-10-8-7-9-14(16)24(15)13-20-18/h7-10,13H,5-6,11-12H2,1-4H3. The summed E-state index contributed by atoms with van der Waals surface area (Å²) in [6, 6.07) is 6.52. The van der Waals surface area contributed by atoms with Gasteiger partial charge in [0.15, 0.2) is 5.69 Å². The maximum atomic E-state index is 13.3. The third-order valence-corrected chi connectivity index (χ3v) is 6.84. The molecule has 10 heteroatoms. The number of hydrogen-bond donors (Lipinski definition) is 0. The molecule has 1 aromatic carbocycles. The molecule has 0 fully saturated rings. The quantitative estimate of drug-likeness (QED) is 0.719. The van der Waals surface area contributed by atoms with Crippen LogP contribution in [-0.2, 0) is 21.4 Å². The molecule has 1 aliphatic heterocycles. The molecule has 3 rings (SSSR count). The van der Waals surface area contributed by atoms with E-state index in [-0.39, 0.29) is 35.5 Å². The average Bonchev–Trinajstić information content (AvgIpc) is 3.08. The molecule has 9 nitrogen and oxygen atoms in total. The van der Waals surface area contributed by atoms with Crippen LogP contribution in [0.15, 0.2) is 35.5 Å². The summed E-state index contributed by atoms with van der Waals surface area (Å²) in [6.45, 7) is 4.32. The fourth-order valence-electron chi connectivity index (χ4n) is 3.27. The molecular weight excluding hydrogens is 394 g/mol. The van der Waals surface area contributed by atoms with E-state index in [0.717, 1.165) is 4.31 Å². The third-order valence-electron chi connectivity index (χ3n) is 5.00. The molecule has 0 saturated heterocycles. The maximum Gasteiger partial charge on any atom is 0.274 e. The lowest BCUT2D eigenvalue weighted by atomic mass is 10.2. The van der Waals surface area contributed by atoms with Gasteiger partial charge in [-0.3, -0.25) is 14.2 Å². The van der Waals surface area contributed by atoms with Crippen molar-refractivity contribution in [1.82, 2.24) is 23.7 Å². The molecule has 1 aliphatic rings. The summed E-state index contributed by atoms with van der Waals surface area (Å²) in [5.41, 5.74) is 1.05. The van der Waals surface area contributed by atoms with Crippen molar-refractivity contribution in [3.63, 3.8) is 0 Å². The van der Waals surface area contributed by atoms with Gasteiger partial charge in [-0.1, -0.05) is 12.1 Å². The Morgan fingerprint density at radius 1 is 1.14 bits per heavy atom. The summed E-state index contributed by atoms with van der Waals surface area (Å²) in [7, 11) is -0.808. The van der Waals surface area contributed by atoms with Crippen molar-refractivity contribution in [3.05, 3.63) is 42.0 Å². The Hall–Kier alpha value is -2.72. The van der Waals surface area contributed by atoms with E-state index in [2.05, 4.69) is 4.98 Å². The van der Waals surface area contributed by atoms with E-state index in [0.29, 0.717) is 24.5 Å². The van der Waals surface area contributed by atoms with E-state index in [1.807, 2.05) is 13.8 Å². The van der Waals surface area contributed by atoms with E-state index in [4.69, 9.17) is 0 Å². The minimum Gasteiger partial charge on any atom is -0.348 e. The summed E-state index contributed by atoms with van der Waals surface area (Å²) in [5.74, 6) is -0.616. The number of aromatic nitrogens is 2. The molecule has 0 N–H and O–H groups in total. The Balaban J connectivity index is 2.19. The van der Waals surface area contributed by atoms with E-state index >= 15 is 0 Å². The number of likely N-dealkylation sites (N-methyl/N-ethyl adjacent to an activating group) is 1.